The minimum absolute atomic E-state index is 0.101. The Bertz CT molecular complexity index is 1290. The second-order valence-corrected chi connectivity index (χ2v) is 7.79. The number of methoxy groups -OCH3 is 1. The highest BCUT2D eigenvalue weighted by Gasteiger charge is 2.33. The highest BCUT2D eigenvalue weighted by molar-refractivity contribution is 7.80. The molecule has 32 heavy (non-hydrogen) atoms. The van der Waals surface area contributed by atoms with Crippen LogP contribution in [0.1, 0.15) is 23.6 Å². The van der Waals surface area contributed by atoms with Gasteiger partial charge in [0.25, 0.3) is 0 Å². The van der Waals surface area contributed by atoms with E-state index >= 15 is 0 Å². The Kier molecular flexibility index (Phi) is 5.47. The maximum absolute atomic E-state index is 5.79. The van der Waals surface area contributed by atoms with Crippen molar-refractivity contribution in [1.29, 1.82) is 0 Å². The lowest BCUT2D eigenvalue weighted by Crippen LogP contribution is -2.31. The number of hydrogen-bond donors (Lipinski definition) is 1. The number of benzene rings is 3. The van der Waals surface area contributed by atoms with E-state index in [0.29, 0.717) is 11.5 Å². The van der Waals surface area contributed by atoms with Gasteiger partial charge in [0.1, 0.15) is 5.75 Å². The molecule has 4 aromatic rings. The number of nitrogens with one attached hydrogen (secondary N) is 1. The summed E-state index contributed by atoms with van der Waals surface area (Å²) in [7, 11) is 1.66. The van der Waals surface area contributed by atoms with Crippen LogP contribution in [-0.4, -0.2) is 32.9 Å². The Labute approximate surface area is 191 Å². The van der Waals surface area contributed by atoms with Crippen molar-refractivity contribution in [2.75, 3.05) is 12.4 Å². The Morgan fingerprint density at radius 3 is 2.53 bits per heavy atom. The zero-order valence-corrected chi connectivity index (χ0v) is 18.3. The zero-order valence-electron chi connectivity index (χ0n) is 17.5. The van der Waals surface area contributed by atoms with Gasteiger partial charge in [0.05, 0.1) is 29.9 Å². The summed E-state index contributed by atoms with van der Waals surface area (Å²) in [4.78, 5) is 9.07. The van der Waals surface area contributed by atoms with Crippen LogP contribution in [-0.2, 0) is 0 Å². The van der Waals surface area contributed by atoms with Crippen molar-refractivity contribution in [2.45, 2.75) is 12.5 Å². The normalized spacial score (nSPS) is 15.5. The molecule has 1 atom stereocenters. The molecule has 1 aliphatic heterocycles. The third-order valence-corrected chi connectivity index (χ3v) is 5.74. The molecule has 0 bridgehead atoms. The molecule has 0 fully saturated rings. The fourth-order valence-corrected chi connectivity index (χ4v) is 4.17. The molecule has 0 saturated carbocycles. The van der Waals surface area contributed by atoms with Gasteiger partial charge in [-0.25, -0.2) is 5.01 Å². The third-order valence-electron chi connectivity index (χ3n) is 5.46. The molecule has 6 nitrogen and oxygen atoms in total. The van der Waals surface area contributed by atoms with Gasteiger partial charge < -0.3 is 10.1 Å². The minimum atomic E-state index is -0.101. The number of ether oxygens (including phenoxy) is 1. The van der Waals surface area contributed by atoms with E-state index in [1.165, 1.54) is 0 Å². The van der Waals surface area contributed by atoms with Crippen molar-refractivity contribution in [2.24, 2.45) is 5.10 Å². The molecule has 5 rings (SSSR count). The summed E-state index contributed by atoms with van der Waals surface area (Å²) in [5, 5.41) is 10.7. The van der Waals surface area contributed by atoms with Gasteiger partial charge >= 0.3 is 0 Å². The highest BCUT2D eigenvalue weighted by Crippen LogP contribution is 2.36. The van der Waals surface area contributed by atoms with Gasteiger partial charge in [-0.05, 0) is 60.2 Å². The van der Waals surface area contributed by atoms with Crippen LogP contribution >= 0.6 is 12.2 Å². The average molecular weight is 440 g/mol. The van der Waals surface area contributed by atoms with Crippen molar-refractivity contribution in [3.05, 3.63) is 96.3 Å². The maximum atomic E-state index is 5.79. The van der Waals surface area contributed by atoms with Gasteiger partial charge in [0.15, 0.2) is 5.11 Å². The molecule has 0 spiro atoms. The number of hydrazone groups is 1. The van der Waals surface area contributed by atoms with E-state index in [0.717, 1.165) is 39.3 Å². The van der Waals surface area contributed by atoms with E-state index in [9.17, 15) is 0 Å². The summed E-state index contributed by atoms with van der Waals surface area (Å²) in [5.41, 5.74) is 5.66. The Hall–Kier alpha value is -3.84. The first-order chi connectivity index (χ1) is 15.7. The lowest BCUT2D eigenvalue weighted by atomic mass is 9.97. The fourth-order valence-electron chi connectivity index (χ4n) is 3.88. The van der Waals surface area contributed by atoms with E-state index in [1.54, 1.807) is 19.5 Å². The van der Waals surface area contributed by atoms with Crippen molar-refractivity contribution in [3.63, 3.8) is 0 Å². The molecule has 0 aliphatic carbocycles. The van der Waals surface area contributed by atoms with Crippen LogP contribution in [0.5, 0.6) is 5.75 Å². The predicted molar refractivity (Wildman–Crippen MR) is 131 cm³/mol. The summed E-state index contributed by atoms with van der Waals surface area (Å²) < 4.78 is 5.30. The van der Waals surface area contributed by atoms with Gasteiger partial charge in [-0.2, -0.15) is 5.10 Å². The number of hydrogen-bond acceptors (Lipinski definition) is 5. The van der Waals surface area contributed by atoms with Crippen LogP contribution in [0.3, 0.4) is 0 Å². The number of para-hydroxylation sites is 2. The average Bonchev–Trinajstić information content (AvgIpc) is 3.30. The molecule has 1 aliphatic rings. The minimum Gasteiger partial charge on any atom is -0.497 e. The third kappa shape index (κ3) is 3.90. The molecule has 158 valence electrons. The van der Waals surface area contributed by atoms with Crippen LogP contribution in [0.4, 0.5) is 5.69 Å². The smallest absolute Gasteiger partial charge is 0.194 e. The van der Waals surface area contributed by atoms with E-state index in [-0.39, 0.29) is 6.04 Å². The molecule has 0 amide bonds. The first kappa shape index (κ1) is 20.1. The first-order valence-electron chi connectivity index (χ1n) is 10.3. The van der Waals surface area contributed by atoms with Crippen molar-refractivity contribution in [1.82, 2.24) is 15.0 Å². The summed E-state index contributed by atoms with van der Waals surface area (Å²) in [6.45, 7) is 0. The summed E-state index contributed by atoms with van der Waals surface area (Å²) in [5.74, 6) is 0.811. The Morgan fingerprint density at radius 1 is 0.969 bits per heavy atom. The van der Waals surface area contributed by atoms with Crippen molar-refractivity contribution < 1.29 is 4.74 Å². The second kappa shape index (κ2) is 8.72. The topological polar surface area (TPSA) is 62.6 Å². The summed E-state index contributed by atoms with van der Waals surface area (Å²) in [6, 6.07) is 23.8. The molecule has 7 heteroatoms. The van der Waals surface area contributed by atoms with Gasteiger partial charge in [0, 0.05) is 30.1 Å². The highest BCUT2D eigenvalue weighted by atomic mass is 32.1. The van der Waals surface area contributed by atoms with Crippen LogP contribution in [0.2, 0.25) is 0 Å². The van der Waals surface area contributed by atoms with Gasteiger partial charge in [-0.1, -0.05) is 30.3 Å². The van der Waals surface area contributed by atoms with Crippen molar-refractivity contribution >= 4 is 39.8 Å². The van der Waals surface area contributed by atoms with Gasteiger partial charge in [-0.15, -0.1) is 0 Å². The summed E-state index contributed by atoms with van der Waals surface area (Å²) in [6.07, 6.45) is 4.12. The molecule has 0 radical (unpaired) electrons. The predicted octanol–water partition coefficient (Wildman–Crippen LogP) is 5.19. The molecular weight excluding hydrogens is 418 g/mol. The molecule has 1 aromatic heterocycles. The lowest BCUT2D eigenvalue weighted by Gasteiger charge is -2.25. The Balaban J connectivity index is 1.54. The largest absolute Gasteiger partial charge is 0.497 e. The standard InChI is InChI=1S/C25H21N5OS/c1-31-19-12-10-17(11-13-19)22-16-23(20-8-5-9-21-24(20)27-15-14-26-21)30(29-22)25(32)28-18-6-3-2-4-7-18/h2-15,23H,16H2,1H3,(H,28,32). The number of rotatable bonds is 4. The molecule has 2 heterocycles. The van der Waals surface area contributed by atoms with Crippen LogP contribution in [0.15, 0.2) is 90.3 Å². The maximum Gasteiger partial charge on any atom is 0.194 e. The fraction of sp³-hybridized carbons (Fsp3) is 0.120. The molecular formula is C25H21N5OS. The second-order valence-electron chi connectivity index (χ2n) is 7.41. The van der Waals surface area contributed by atoms with E-state index in [2.05, 4.69) is 21.4 Å². The molecule has 0 saturated heterocycles. The number of nitrogens with zero attached hydrogens (tertiary/aromatic N) is 4. The lowest BCUT2D eigenvalue weighted by molar-refractivity contribution is 0.377. The van der Waals surface area contributed by atoms with Crippen LogP contribution in [0.25, 0.3) is 11.0 Å². The quantitative estimate of drug-likeness (QED) is 0.442. The van der Waals surface area contributed by atoms with E-state index in [4.69, 9.17) is 22.1 Å². The van der Waals surface area contributed by atoms with Crippen LogP contribution in [0, 0.1) is 0 Å². The SMILES string of the molecule is COc1ccc(C2=NN(C(=S)Nc3ccccc3)C(c3cccc4nccnc34)C2)cc1. The van der Waals surface area contributed by atoms with Gasteiger partial charge in [-0.3, -0.25) is 9.97 Å². The summed E-state index contributed by atoms with van der Waals surface area (Å²) >= 11 is 5.79. The molecule has 3 aromatic carbocycles. The zero-order chi connectivity index (χ0) is 21.9. The van der Waals surface area contributed by atoms with Gasteiger partial charge in [0.2, 0.25) is 0 Å². The molecule has 1 unspecified atom stereocenters. The number of thiocarbonyl (C=S) groups is 1. The number of aromatic nitrogens is 2. The van der Waals surface area contributed by atoms with Crippen molar-refractivity contribution in [3.8, 4) is 5.75 Å². The number of fused-ring (bicyclic) bond motifs is 1. The number of anilines is 1. The first-order valence-corrected chi connectivity index (χ1v) is 10.7. The van der Waals surface area contributed by atoms with Crippen LogP contribution < -0.4 is 10.1 Å². The van der Waals surface area contributed by atoms with E-state index in [1.807, 2.05) is 71.7 Å². The van der Waals surface area contributed by atoms with E-state index < -0.39 is 0 Å². The Morgan fingerprint density at radius 2 is 1.75 bits per heavy atom. The monoisotopic (exact) mass is 439 g/mol. The molecule has 1 N–H and O–H groups in total.